The van der Waals surface area contributed by atoms with Crippen LogP contribution in [0.1, 0.15) is 20.9 Å². The third-order valence-corrected chi connectivity index (χ3v) is 4.06. The Morgan fingerprint density at radius 1 is 1.17 bits per heavy atom. The third-order valence-electron chi connectivity index (χ3n) is 3.29. The number of aromatic nitrogens is 1. The minimum absolute atomic E-state index is 0.165. The largest absolute Gasteiger partial charge is 0.496 e. The molecule has 116 valence electrons. The van der Waals surface area contributed by atoms with Crippen LogP contribution >= 0.6 is 11.3 Å². The van der Waals surface area contributed by atoms with Crippen molar-refractivity contribution in [1.82, 2.24) is 4.98 Å². The van der Waals surface area contributed by atoms with Crippen molar-refractivity contribution >= 4 is 17.1 Å². The molecule has 1 heterocycles. The number of carbonyl (C=O) groups is 1. The highest BCUT2D eigenvalue weighted by Gasteiger charge is 2.17. The molecule has 0 saturated carbocycles. The number of carbonyl (C=O) groups excluding carboxylic acids is 1. The van der Waals surface area contributed by atoms with E-state index in [4.69, 9.17) is 9.47 Å². The molecule has 4 nitrogen and oxygen atoms in total. The molecule has 2 aromatic carbocycles. The van der Waals surface area contributed by atoms with E-state index in [1.165, 1.54) is 11.3 Å². The van der Waals surface area contributed by atoms with Gasteiger partial charge in [0.05, 0.1) is 12.7 Å². The van der Waals surface area contributed by atoms with Crippen molar-refractivity contribution in [3.63, 3.8) is 0 Å². The van der Waals surface area contributed by atoms with E-state index in [9.17, 15) is 4.79 Å². The Balaban J connectivity index is 1.83. The van der Waals surface area contributed by atoms with Crippen molar-refractivity contribution in [1.29, 1.82) is 0 Å². The van der Waals surface area contributed by atoms with Gasteiger partial charge in [-0.3, -0.25) is 4.79 Å². The van der Waals surface area contributed by atoms with Crippen molar-refractivity contribution in [2.45, 2.75) is 6.61 Å². The Morgan fingerprint density at radius 2 is 2.00 bits per heavy atom. The van der Waals surface area contributed by atoms with E-state index < -0.39 is 0 Å². The van der Waals surface area contributed by atoms with Crippen molar-refractivity contribution in [2.24, 2.45) is 0 Å². The molecular weight excluding hydrogens is 310 g/mol. The van der Waals surface area contributed by atoms with E-state index in [1.807, 2.05) is 30.3 Å². The summed E-state index contributed by atoms with van der Waals surface area (Å²) in [5.74, 6) is 0.967. The number of nitrogens with zero attached hydrogens (tertiary/aromatic N) is 1. The molecule has 23 heavy (non-hydrogen) atoms. The van der Waals surface area contributed by atoms with Crippen LogP contribution in [0.5, 0.6) is 11.5 Å². The molecule has 0 bridgehead atoms. The number of methoxy groups -OCH3 is 1. The van der Waals surface area contributed by atoms with Gasteiger partial charge >= 0.3 is 0 Å². The lowest BCUT2D eigenvalue weighted by Gasteiger charge is -2.10. The van der Waals surface area contributed by atoms with Gasteiger partial charge in [-0.05, 0) is 23.8 Å². The van der Waals surface area contributed by atoms with Crippen molar-refractivity contribution in [2.75, 3.05) is 7.11 Å². The van der Waals surface area contributed by atoms with Gasteiger partial charge in [-0.2, -0.15) is 0 Å². The summed E-state index contributed by atoms with van der Waals surface area (Å²) in [5, 5.41) is 2.21. The minimum Gasteiger partial charge on any atom is -0.496 e. The van der Waals surface area contributed by atoms with Crippen LogP contribution in [0.2, 0.25) is 0 Å². The van der Waals surface area contributed by atoms with Crippen LogP contribution in [-0.2, 0) is 6.61 Å². The third kappa shape index (κ3) is 3.57. The van der Waals surface area contributed by atoms with E-state index in [2.05, 4.69) is 4.98 Å². The first kappa shape index (κ1) is 15.2. The fourth-order valence-corrected chi connectivity index (χ4v) is 2.74. The molecule has 0 aliphatic heterocycles. The van der Waals surface area contributed by atoms with Crippen LogP contribution in [-0.4, -0.2) is 17.9 Å². The van der Waals surface area contributed by atoms with Gasteiger partial charge in [-0.1, -0.05) is 30.3 Å². The molecule has 0 unspecified atom stereocenters. The quantitative estimate of drug-likeness (QED) is 0.644. The molecule has 5 heteroatoms. The van der Waals surface area contributed by atoms with E-state index in [1.54, 1.807) is 36.9 Å². The van der Waals surface area contributed by atoms with Crippen LogP contribution in [0.25, 0.3) is 0 Å². The summed E-state index contributed by atoms with van der Waals surface area (Å²) in [7, 11) is 1.54. The summed E-state index contributed by atoms with van der Waals surface area (Å²) < 4.78 is 11.1. The number of hydrogen-bond donors (Lipinski definition) is 0. The fourth-order valence-electron chi connectivity index (χ4n) is 2.15. The zero-order chi connectivity index (χ0) is 16.1. The number of benzene rings is 2. The Morgan fingerprint density at radius 3 is 2.70 bits per heavy atom. The Labute approximate surface area is 138 Å². The van der Waals surface area contributed by atoms with Gasteiger partial charge in [0.25, 0.3) is 0 Å². The number of ether oxygens (including phenoxy) is 2. The van der Waals surface area contributed by atoms with Gasteiger partial charge in [0.15, 0.2) is 5.01 Å². The molecule has 0 amide bonds. The lowest BCUT2D eigenvalue weighted by Crippen LogP contribution is -2.04. The summed E-state index contributed by atoms with van der Waals surface area (Å²) in [4.78, 5) is 16.6. The molecule has 0 fully saturated rings. The van der Waals surface area contributed by atoms with Crippen molar-refractivity contribution in [3.05, 3.63) is 76.2 Å². The fraction of sp³-hybridized carbons (Fsp3) is 0.111. The second kappa shape index (κ2) is 7.07. The number of ketones is 1. The smallest absolute Gasteiger partial charge is 0.225 e. The van der Waals surface area contributed by atoms with Gasteiger partial charge < -0.3 is 9.47 Å². The average molecular weight is 325 g/mol. The molecular formula is C18H15NO3S. The molecule has 0 atom stereocenters. The molecule has 0 radical (unpaired) electrons. The second-order valence-electron chi connectivity index (χ2n) is 4.80. The molecule has 0 N–H and O–H groups in total. The molecule has 0 aliphatic carbocycles. The highest BCUT2D eigenvalue weighted by atomic mass is 32.1. The summed E-state index contributed by atoms with van der Waals surface area (Å²) >= 11 is 1.30. The molecule has 3 rings (SSSR count). The SMILES string of the molecule is COc1ccc(OCc2ccccc2)cc1C(=O)c1nccs1. The van der Waals surface area contributed by atoms with Crippen LogP contribution < -0.4 is 9.47 Å². The number of rotatable bonds is 6. The normalized spacial score (nSPS) is 10.3. The topological polar surface area (TPSA) is 48.4 Å². The standard InChI is InChI=1S/C18H15NO3S/c1-21-16-8-7-14(22-12-13-5-3-2-4-6-13)11-15(16)17(20)18-19-9-10-23-18/h2-11H,12H2,1H3. The first-order valence-corrected chi connectivity index (χ1v) is 7.95. The van der Waals surface area contributed by atoms with Crippen LogP contribution in [0.15, 0.2) is 60.1 Å². The first-order valence-electron chi connectivity index (χ1n) is 7.07. The minimum atomic E-state index is -0.165. The maximum absolute atomic E-state index is 12.5. The van der Waals surface area contributed by atoms with Gasteiger partial charge in [0.1, 0.15) is 18.1 Å². The Kier molecular flexibility index (Phi) is 4.68. The lowest BCUT2D eigenvalue weighted by atomic mass is 10.1. The first-order chi connectivity index (χ1) is 11.3. The molecule has 0 aliphatic rings. The lowest BCUT2D eigenvalue weighted by molar-refractivity contribution is 0.103. The van der Waals surface area contributed by atoms with Crippen LogP contribution in [0.3, 0.4) is 0 Å². The summed E-state index contributed by atoms with van der Waals surface area (Å²) in [6.07, 6.45) is 1.61. The van der Waals surface area contributed by atoms with E-state index in [-0.39, 0.29) is 5.78 Å². The van der Waals surface area contributed by atoms with Crippen LogP contribution in [0, 0.1) is 0 Å². The van der Waals surface area contributed by atoms with Gasteiger partial charge in [-0.25, -0.2) is 4.98 Å². The molecule has 0 saturated heterocycles. The van der Waals surface area contributed by atoms with Gasteiger partial charge in [0.2, 0.25) is 5.78 Å². The number of thiazole rings is 1. The second-order valence-corrected chi connectivity index (χ2v) is 5.70. The maximum Gasteiger partial charge on any atom is 0.225 e. The zero-order valence-corrected chi connectivity index (χ0v) is 13.4. The van der Waals surface area contributed by atoms with Gasteiger partial charge in [0, 0.05) is 11.6 Å². The summed E-state index contributed by atoms with van der Waals surface area (Å²) in [6.45, 7) is 0.443. The van der Waals surface area contributed by atoms with Gasteiger partial charge in [-0.15, -0.1) is 11.3 Å². The Bertz CT molecular complexity index is 785. The summed E-state index contributed by atoms with van der Waals surface area (Å²) in [5.41, 5.74) is 1.52. The predicted molar refractivity (Wildman–Crippen MR) is 89.3 cm³/mol. The maximum atomic E-state index is 12.5. The predicted octanol–water partition coefficient (Wildman–Crippen LogP) is 3.96. The zero-order valence-electron chi connectivity index (χ0n) is 12.6. The Hall–Kier alpha value is -2.66. The van der Waals surface area contributed by atoms with Crippen molar-refractivity contribution < 1.29 is 14.3 Å². The molecule has 1 aromatic heterocycles. The average Bonchev–Trinajstić information content (AvgIpc) is 3.14. The molecule has 3 aromatic rings. The molecule has 0 spiro atoms. The highest BCUT2D eigenvalue weighted by molar-refractivity contribution is 7.11. The van der Waals surface area contributed by atoms with E-state index in [0.29, 0.717) is 28.7 Å². The van der Waals surface area contributed by atoms with E-state index in [0.717, 1.165) is 5.56 Å². The van der Waals surface area contributed by atoms with Crippen LogP contribution in [0.4, 0.5) is 0 Å². The monoisotopic (exact) mass is 325 g/mol. The van der Waals surface area contributed by atoms with Crippen molar-refractivity contribution in [3.8, 4) is 11.5 Å². The highest BCUT2D eigenvalue weighted by Crippen LogP contribution is 2.27. The van der Waals surface area contributed by atoms with E-state index >= 15 is 0 Å². The summed E-state index contributed by atoms with van der Waals surface area (Å²) in [6, 6.07) is 15.1. The number of hydrogen-bond acceptors (Lipinski definition) is 5.